The van der Waals surface area contributed by atoms with Crippen molar-refractivity contribution < 1.29 is 0 Å². The van der Waals surface area contributed by atoms with E-state index in [2.05, 4.69) is 22.8 Å². The lowest BCUT2D eigenvalue weighted by molar-refractivity contribution is 0.291. The molecule has 108 valence electrons. The molecule has 1 atom stereocenters. The van der Waals surface area contributed by atoms with E-state index in [9.17, 15) is 0 Å². The van der Waals surface area contributed by atoms with Crippen LogP contribution in [-0.2, 0) is 0 Å². The summed E-state index contributed by atoms with van der Waals surface area (Å²) in [6.07, 6.45) is 6.17. The molecule has 1 aromatic rings. The Morgan fingerprint density at radius 1 is 1.10 bits per heavy atom. The molecule has 0 aliphatic heterocycles. The van der Waals surface area contributed by atoms with Crippen LogP contribution >= 0.6 is 0 Å². The fourth-order valence-electron chi connectivity index (χ4n) is 2.93. The second-order valence-corrected chi connectivity index (χ2v) is 5.34. The number of hydrogen-bond donors (Lipinski definition) is 5. The van der Waals surface area contributed by atoms with Crippen LogP contribution in [0.4, 0.5) is 0 Å². The molecule has 1 unspecified atom stereocenters. The van der Waals surface area contributed by atoms with Crippen LogP contribution < -0.4 is 16.4 Å². The third-order valence-electron chi connectivity index (χ3n) is 3.84. The molecule has 0 heterocycles. The van der Waals surface area contributed by atoms with Gasteiger partial charge in [0.15, 0.2) is 11.9 Å². The third-order valence-corrected chi connectivity index (χ3v) is 3.84. The summed E-state index contributed by atoms with van der Waals surface area (Å²) >= 11 is 0. The average molecular weight is 273 g/mol. The van der Waals surface area contributed by atoms with E-state index in [-0.39, 0.29) is 18.0 Å². The van der Waals surface area contributed by atoms with Crippen molar-refractivity contribution in [3.8, 4) is 0 Å². The zero-order valence-electron chi connectivity index (χ0n) is 11.7. The van der Waals surface area contributed by atoms with Crippen molar-refractivity contribution in [2.45, 2.75) is 38.1 Å². The monoisotopic (exact) mass is 273 g/mol. The number of guanidine groups is 2. The first-order chi connectivity index (χ1) is 9.66. The van der Waals surface area contributed by atoms with Crippen LogP contribution in [0.1, 0.15) is 43.7 Å². The molecule has 1 aliphatic carbocycles. The van der Waals surface area contributed by atoms with Crippen LogP contribution in [0.3, 0.4) is 0 Å². The molecule has 6 N–H and O–H groups in total. The smallest absolute Gasteiger partial charge is 0.195 e. The Bertz CT molecular complexity index is 451. The summed E-state index contributed by atoms with van der Waals surface area (Å²) in [5.74, 6) is 0.412. The van der Waals surface area contributed by atoms with Crippen molar-refractivity contribution in [1.29, 1.82) is 10.8 Å². The van der Waals surface area contributed by atoms with Crippen LogP contribution in [-0.4, -0.2) is 11.9 Å². The fraction of sp³-hybridized carbons (Fsp3) is 0.467. The Morgan fingerprint density at radius 3 is 2.35 bits per heavy atom. The molecule has 0 aromatic heterocycles. The van der Waals surface area contributed by atoms with E-state index in [1.165, 1.54) is 37.7 Å². The molecule has 1 aliphatic rings. The minimum atomic E-state index is -0.210. The molecule has 0 bridgehead atoms. The van der Waals surface area contributed by atoms with Gasteiger partial charge < -0.3 is 11.1 Å². The molecule has 1 aromatic carbocycles. The predicted octanol–water partition coefficient (Wildman–Crippen LogP) is 2.32. The van der Waals surface area contributed by atoms with Gasteiger partial charge in [-0.15, -0.1) is 0 Å². The second kappa shape index (κ2) is 6.93. The first kappa shape index (κ1) is 14.4. The summed E-state index contributed by atoms with van der Waals surface area (Å²) < 4.78 is 0. The van der Waals surface area contributed by atoms with Gasteiger partial charge in [0.1, 0.15) is 0 Å². The Labute approximate surface area is 120 Å². The van der Waals surface area contributed by atoms with Crippen molar-refractivity contribution >= 4 is 11.9 Å². The van der Waals surface area contributed by atoms with Gasteiger partial charge in [0.05, 0.1) is 6.04 Å². The van der Waals surface area contributed by atoms with Crippen LogP contribution in [0.15, 0.2) is 30.3 Å². The highest BCUT2D eigenvalue weighted by Gasteiger charge is 2.25. The molecular weight excluding hydrogens is 250 g/mol. The predicted molar refractivity (Wildman–Crippen MR) is 81.7 cm³/mol. The topological polar surface area (TPSA) is 97.8 Å². The Hall–Kier alpha value is -2.04. The van der Waals surface area contributed by atoms with E-state index in [0.717, 1.165) is 0 Å². The Kier molecular flexibility index (Phi) is 4.98. The van der Waals surface area contributed by atoms with E-state index in [1.807, 2.05) is 18.2 Å². The van der Waals surface area contributed by atoms with Gasteiger partial charge >= 0.3 is 0 Å². The van der Waals surface area contributed by atoms with Gasteiger partial charge in [-0.05, 0) is 24.3 Å². The van der Waals surface area contributed by atoms with Crippen molar-refractivity contribution in [3.63, 3.8) is 0 Å². The van der Waals surface area contributed by atoms with E-state index in [0.29, 0.717) is 5.92 Å². The minimum Gasteiger partial charge on any atom is -0.370 e. The third kappa shape index (κ3) is 3.98. The first-order valence-electron chi connectivity index (χ1n) is 7.18. The lowest BCUT2D eigenvalue weighted by Crippen LogP contribution is -2.46. The summed E-state index contributed by atoms with van der Waals surface area (Å²) in [7, 11) is 0. The molecule has 5 nitrogen and oxygen atoms in total. The normalized spacial score (nSPS) is 17.2. The zero-order chi connectivity index (χ0) is 14.4. The van der Waals surface area contributed by atoms with Crippen LogP contribution in [0.5, 0.6) is 0 Å². The Morgan fingerprint density at radius 2 is 1.75 bits per heavy atom. The summed E-state index contributed by atoms with van der Waals surface area (Å²) in [4.78, 5) is 0. The van der Waals surface area contributed by atoms with E-state index >= 15 is 0 Å². The van der Waals surface area contributed by atoms with Crippen molar-refractivity contribution in [2.75, 3.05) is 0 Å². The van der Waals surface area contributed by atoms with Gasteiger partial charge in [0.25, 0.3) is 0 Å². The van der Waals surface area contributed by atoms with E-state index in [1.54, 1.807) is 0 Å². The van der Waals surface area contributed by atoms with Crippen molar-refractivity contribution in [1.82, 2.24) is 10.6 Å². The van der Waals surface area contributed by atoms with Gasteiger partial charge in [0, 0.05) is 0 Å². The average Bonchev–Trinajstić information content (AvgIpc) is 2.46. The highest BCUT2D eigenvalue weighted by molar-refractivity contribution is 5.95. The maximum Gasteiger partial charge on any atom is 0.195 e. The van der Waals surface area contributed by atoms with Gasteiger partial charge in [-0.2, -0.15) is 0 Å². The van der Waals surface area contributed by atoms with E-state index in [4.69, 9.17) is 16.6 Å². The highest BCUT2D eigenvalue weighted by atomic mass is 15.2. The quantitative estimate of drug-likeness (QED) is 0.432. The van der Waals surface area contributed by atoms with Crippen LogP contribution in [0, 0.1) is 16.7 Å². The molecule has 20 heavy (non-hydrogen) atoms. The zero-order valence-corrected chi connectivity index (χ0v) is 11.7. The number of nitrogens with two attached hydrogens (primary N) is 1. The van der Waals surface area contributed by atoms with Crippen molar-refractivity contribution in [3.05, 3.63) is 35.9 Å². The molecule has 0 amide bonds. The molecule has 1 saturated carbocycles. The first-order valence-corrected chi connectivity index (χ1v) is 7.18. The molecule has 0 spiro atoms. The van der Waals surface area contributed by atoms with Gasteiger partial charge in [0.2, 0.25) is 0 Å². The molecule has 1 fully saturated rings. The summed E-state index contributed by atoms with van der Waals surface area (Å²) in [5.41, 5.74) is 6.47. The van der Waals surface area contributed by atoms with Crippen LogP contribution in [0.25, 0.3) is 0 Å². The van der Waals surface area contributed by atoms with Gasteiger partial charge in [-0.3, -0.25) is 16.1 Å². The standard InChI is InChI=1S/C15H23N5/c16-14(17)20-15(18)19-13(11-7-3-1-4-8-11)12-9-5-2-6-10-12/h1,3-4,7-8,12-13H,2,5-6,9-10H2,(H6,16,17,18,19,20). The molecule has 5 heteroatoms. The maximum atomic E-state index is 7.87. The van der Waals surface area contributed by atoms with E-state index < -0.39 is 0 Å². The lowest BCUT2D eigenvalue weighted by atomic mass is 9.81. The maximum absolute atomic E-state index is 7.87. The lowest BCUT2D eigenvalue weighted by Gasteiger charge is -2.32. The second-order valence-electron chi connectivity index (χ2n) is 5.34. The molecule has 0 radical (unpaired) electrons. The summed E-state index contributed by atoms with van der Waals surface area (Å²) in [6.45, 7) is 0. The Balaban J connectivity index is 2.11. The number of hydrogen-bond acceptors (Lipinski definition) is 2. The number of nitrogens with one attached hydrogen (secondary N) is 4. The fourth-order valence-corrected chi connectivity index (χ4v) is 2.93. The highest BCUT2D eigenvalue weighted by Crippen LogP contribution is 2.34. The molecule has 0 saturated heterocycles. The minimum absolute atomic E-state index is 0.0944. The van der Waals surface area contributed by atoms with Crippen molar-refractivity contribution in [2.24, 2.45) is 11.7 Å². The molecule has 2 rings (SSSR count). The summed E-state index contributed by atoms with van der Waals surface area (Å²) in [5, 5.41) is 20.8. The number of benzene rings is 1. The summed E-state index contributed by atoms with van der Waals surface area (Å²) in [6, 6.07) is 10.3. The van der Waals surface area contributed by atoms with Gasteiger partial charge in [-0.1, -0.05) is 49.6 Å². The van der Waals surface area contributed by atoms with Gasteiger partial charge in [-0.25, -0.2) is 0 Å². The SMILES string of the molecule is N=C(N)NC(=N)NC(c1ccccc1)C1CCCCC1. The largest absolute Gasteiger partial charge is 0.370 e. The number of rotatable bonds is 3. The molecular formula is C15H23N5. The van der Waals surface area contributed by atoms with Crippen LogP contribution in [0.2, 0.25) is 0 Å².